The molecule has 1 amide bonds. The topological polar surface area (TPSA) is 41.6 Å². The van der Waals surface area contributed by atoms with Crippen molar-refractivity contribution in [3.8, 4) is 5.75 Å². The SMILES string of the molecule is COc1ccccc1[C@H](CNC(=O)c1ccc(F)cc1)N(C)C. The van der Waals surface area contributed by atoms with Gasteiger partial charge in [-0.3, -0.25) is 4.79 Å². The highest BCUT2D eigenvalue weighted by atomic mass is 19.1. The zero-order chi connectivity index (χ0) is 16.8. The smallest absolute Gasteiger partial charge is 0.251 e. The van der Waals surface area contributed by atoms with E-state index in [1.165, 1.54) is 24.3 Å². The fourth-order valence-corrected chi connectivity index (χ4v) is 2.41. The van der Waals surface area contributed by atoms with Crippen molar-refractivity contribution < 1.29 is 13.9 Å². The largest absolute Gasteiger partial charge is 0.496 e. The number of hydrogen-bond acceptors (Lipinski definition) is 3. The number of benzene rings is 2. The Labute approximate surface area is 135 Å². The Bertz CT molecular complexity index is 656. The number of carbonyl (C=O) groups is 1. The Morgan fingerprint density at radius 3 is 2.43 bits per heavy atom. The first-order valence-electron chi connectivity index (χ1n) is 7.36. The zero-order valence-corrected chi connectivity index (χ0v) is 13.5. The lowest BCUT2D eigenvalue weighted by Gasteiger charge is -2.26. The van der Waals surface area contributed by atoms with Crippen LogP contribution in [0.1, 0.15) is 22.0 Å². The summed E-state index contributed by atoms with van der Waals surface area (Å²) in [6, 6.07) is 13.2. The van der Waals surface area contributed by atoms with Gasteiger partial charge in [-0.05, 0) is 44.4 Å². The van der Waals surface area contributed by atoms with Crippen molar-refractivity contribution in [3.05, 3.63) is 65.5 Å². The Balaban J connectivity index is 2.11. The molecule has 0 unspecified atom stereocenters. The minimum atomic E-state index is -0.360. The number of methoxy groups -OCH3 is 1. The van der Waals surface area contributed by atoms with Crippen LogP contribution in [0.25, 0.3) is 0 Å². The van der Waals surface area contributed by atoms with Gasteiger partial charge in [-0.25, -0.2) is 4.39 Å². The number of nitrogens with zero attached hydrogens (tertiary/aromatic N) is 1. The Morgan fingerprint density at radius 1 is 1.17 bits per heavy atom. The third-order valence-electron chi connectivity index (χ3n) is 3.68. The van der Waals surface area contributed by atoms with E-state index in [4.69, 9.17) is 4.74 Å². The lowest BCUT2D eigenvalue weighted by atomic mass is 10.0. The van der Waals surface area contributed by atoms with Crippen molar-refractivity contribution in [1.82, 2.24) is 10.2 Å². The number of nitrogens with one attached hydrogen (secondary N) is 1. The van der Waals surface area contributed by atoms with Gasteiger partial charge < -0.3 is 15.0 Å². The van der Waals surface area contributed by atoms with Crippen molar-refractivity contribution >= 4 is 5.91 Å². The van der Waals surface area contributed by atoms with Gasteiger partial charge in [0.15, 0.2) is 0 Å². The lowest BCUT2D eigenvalue weighted by Crippen LogP contribution is -2.34. The van der Waals surface area contributed by atoms with Crippen LogP contribution in [0.15, 0.2) is 48.5 Å². The van der Waals surface area contributed by atoms with E-state index < -0.39 is 0 Å². The van der Waals surface area contributed by atoms with Crippen LogP contribution in [0.2, 0.25) is 0 Å². The molecule has 2 rings (SSSR count). The molecule has 0 aliphatic carbocycles. The summed E-state index contributed by atoms with van der Waals surface area (Å²) < 4.78 is 18.3. The molecule has 0 aliphatic rings. The second-order valence-electron chi connectivity index (χ2n) is 5.44. The van der Waals surface area contributed by atoms with E-state index in [1.807, 2.05) is 43.3 Å². The summed E-state index contributed by atoms with van der Waals surface area (Å²) in [6.07, 6.45) is 0. The highest BCUT2D eigenvalue weighted by Crippen LogP contribution is 2.27. The van der Waals surface area contributed by atoms with Gasteiger partial charge in [-0.15, -0.1) is 0 Å². The number of amides is 1. The van der Waals surface area contributed by atoms with Crippen molar-refractivity contribution in [1.29, 1.82) is 0 Å². The van der Waals surface area contributed by atoms with Crippen LogP contribution in [0.5, 0.6) is 5.75 Å². The van der Waals surface area contributed by atoms with Gasteiger partial charge in [0.05, 0.1) is 13.2 Å². The summed E-state index contributed by atoms with van der Waals surface area (Å²) in [5.74, 6) is 0.190. The van der Waals surface area contributed by atoms with Crippen LogP contribution in [-0.4, -0.2) is 38.6 Å². The van der Waals surface area contributed by atoms with Gasteiger partial charge in [0.25, 0.3) is 5.91 Å². The number of carbonyl (C=O) groups excluding carboxylic acids is 1. The molecule has 4 nitrogen and oxygen atoms in total. The maximum Gasteiger partial charge on any atom is 0.251 e. The van der Waals surface area contributed by atoms with E-state index in [-0.39, 0.29) is 17.8 Å². The third kappa shape index (κ3) is 4.29. The standard InChI is InChI=1S/C18H21FN2O2/c1-21(2)16(15-6-4-5-7-17(15)23-3)12-20-18(22)13-8-10-14(19)11-9-13/h4-11,16H,12H2,1-3H3,(H,20,22)/t16-/m0/s1. The number of hydrogen-bond donors (Lipinski definition) is 1. The maximum atomic E-state index is 12.9. The van der Waals surface area contributed by atoms with E-state index in [9.17, 15) is 9.18 Å². The lowest BCUT2D eigenvalue weighted by molar-refractivity contribution is 0.0941. The predicted octanol–water partition coefficient (Wildman–Crippen LogP) is 2.87. The summed E-state index contributed by atoms with van der Waals surface area (Å²) >= 11 is 0. The first-order chi connectivity index (χ1) is 11.0. The van der Waals surface area contributed by atoms with E-state index in [0.717, 1.165) is 11.3 Å². The number of rotatable bonds is 6. The van der Waals surface area contributed by atoms with Crippen LogP contribution in [0.4, 0.5) is 4.39 Å². The van der Waals surface area contributed by atoms with Crippen molar-refractivity contribution in [2.75, 3.05) is 27.7 Å². The quantitative estimate of drug-likeness (QED) is 0.891. The molecule has 0 aliphatic heterocycles. The molecule has 0 saturated carbocycles. The van der Waals surface area contributed by atoms with Crippen LogP contribution in [-0.2, 0) is 0 Å². The van der Waals surface area contributed by atoms with Crippen molar-refractivity contribution in [2.24, 2.45) is 0 Å². The second-order valence-corrected chi connectivity index (χ2v) is 5.44. The van der Waals surface area contributed by atoms with Gasteiger partial charge in [0.1, 0.15) is 11.6 Å². The van der Waals surface area contributed by atoms with Gasteiger partial charge in [-0.2, -0.15) is 0 Å². The number of ether oxygens (including phenoxy) is 1. The highest BCUT2D eigenvalue weighted by Gasteiger charge is 2.19. The molecule has 0 bridgehead atoms. The van der Waals surface area contributed by atoms with Crippen LogP contribution in [0, 0.1) is 5.82 Å². The number of likely N-dealkylation sites (N-methyl/N-ethyl adjacent to an activating group) is 1. The predicted molar refractivity (Wildman–Crippen MR) is 88.2 cm³/mol. The molecule has 23 heavy (non-hydrogen) atoms. The van der Waals surface area contributed by atoms with E-state index in [2.05, 4.69) is 5.32 Å². The second kappa shape index (κ2) is 7.74. The molecule has 0 radical (unpaired) electrons. The molecule has 0 saturated heterocycles. The maximum absolute atomic E-state index is 12.9. The van der Waals surface area contributed by atoms with Crippen molar-refractivity contribution in [2.45, 2.75) is 6.04 Å². The molecule has 0 aromatic heterocycles. The summed E-state index contributed by atoms with van der Waals surface area (Å²) in [4.78, 5) is 14.2. The number of para-hydroxylation sites is 1. The molecular formula is C18H21FN2O2. The van der Waals surface area contributed by atoms with Gasteiger partial charge in [-0.1, -0.05) is 18.2 Å². The first-order valence-corrected chi connectivity index (χ1v) is 7.36. The molecule has 0 heterocycles. The van der Waals surface area contributed by atoms with E-state index in [1.54, 1.807) is 7.11 Å². The third-order valence-corrected chi connectivity index (χ3v) is 3.68. The first kappa shape index (κ1) is 17.0. The molecular weight excluding hydrogens is 295 g/mol. The molecule has 0 spiro atoms. The average molecular weight is 316 g/mol. The summed E-state index contributed by atoms with van der Waals surface area (Å²) in [6.45, 7) is 0.420. The Kier molecular flexibility index (Phi) is 5.71. The van der Waals surface area contributed by atoms with Gasteiger partial charge >= 0.3 is 0 Å². The van der Waals surface area contributed by atoms with E-state index in [0.29, 0.717) is 12.1 Å². The Hall–Kier alpha value is -2.40. The zero-order valence-electron chi connectivity index (χ0n) is 13.5. The normalized spacial score (nSPS) is 12.0. The fraction of sp³-hybridized carbons (Fsp3) is 0.278. The molecule has 5 heteroatoms. The molecule has 2 aromatic carbocycles. The molecule has 1 atom stereocenters. The van der Waals surface area contributed by atoms with Crippen molar-refractivity contribution in [3.63, 3.8) is 0 Å². The molecule has 122 valence electrons. The minimum absolute atomic E-state index is 0.0319. The highest BCUT2D eigenvalue weighted by molar-refractivity contribution is 5.94. The van der Waals surface area contributed by atoms with Gasteiger partial charge in [0.2, 0.25) is 0 Å². The monoisotopic (exact) mass is 316 g/mol. The molecule has 2 aromatic rings. The minimum Gasteiger partial charge on any atom is -0.496 e. The fourth-order valence-electron chi connectivity index (χ4n) is 2.41. The van der Waals surface area contributed by atoms with E-state index >= 15 is 0 Å². The average Bonchev–Trinajstić information content (AvgIpc) is 2.55. The Morgan fingerprint density at radius 2 is 1.83 bits per heavy atom. The van der Waals surface area contributed by atoms with Gasteiger partial charge in [0, 0.05) is 17.7 Å². The summed E-state index contributed by atoms with van der Waals surface area (Å²) in [5, 5.41) is 2.89. The van der Waals surface area contributed by atoms with Crippen LogP contribution >= 0.6 is 0 Å². The van der Waals surface area contributed by atoms with Crippen LogP contribution in [0.3, 0.4) is 0 Å². The molecule has 0 fully saturated rings. The number of halogens is 1. The molecule has 1 N–H and O–H groups in total. The van der Waals surface area contributed by atoms with Crippen LogP contribution < -0.4 is 10.1 Å². The summed E-state index contributed by atoms with van der Waals surface area (Å²) in [5.41, 5.74) is 1.43. The summed E-state index contributed by atoms with van der Waals surface area (Å²) in [7, 11) is 5.52.